The van der Waals surface area contributed by atoms with Crippen LogP contribution in [-0.4, -0.2) is 74.4 Å². The molecule has 2 aromatic carbocycles. The molecule has 8 rings (SSSR count). The van der Waals surface area contributed by atoms with Crippen LogP contribution in [-0.2, 0) is 14.4 Å². The number of aromatic nitrogens is 3. The summed E-state index contributed by atoms with van der Waals surface area (Å²) >= 11 is 0. The molecule has 12 nitrogen and oxygen atoms in total. The predicted molar refractivity (Wildman–Crippen MR) is 221 cm³/mol. The average Bonchev–Trinajstić information content (AvgIpc) is 3.24. The van der Waals surface area contributed by atoms with Crippen LogP contribution in [0.25, 0.3) is 16.9 Å². The molecular weight excluding hydrogens is 755 g/mol. The van der Waals surface area contributed by atoms with Crippen LogP contribution in [0, 0.1) is 24.5 Å². The summed E-state index contributed by atoms with van der Waals surface area (Å²) in [6.45, 7) is 3.73. The van der Waals surface area contributed by atoms with Crippen LogP contribution in [0.4, 0.5) is 20.4 Å². The zero-order chi connectivity index (χ0) is 41.0. The molecule has 1 atom stereocenters. The Hall–Kier alpha value is -5.50. The lowest BCUT2D eigenvalue weighted by molar-refractivity contribution is -0.133. The van der Waals surface area contributed by atoms with E-state index in [2.05, 4.69) is 36.1 Å². The maximum Gasteiger partial charge on any atom is 0.255 e. The summed E-state index contributed by atoms with van der Waals surface area (Å²) < 4.78 is 31.8. The highest BCUT2D eigenvalue weighted by molar-refractivity contribution is 6.01. The predicted octanol–water partition coefficient (Wildman–Crippen LogP) is 6.38. The summed E-state index contributed by atoms with van der Waals surface area (Å²) in [5, 5.41) is 12.1. The second-order valence-corrected chi connectivity index (χ2v) is 16.8. The van der Waals surface area contributed by atoms with E-state index in [0.29, 0.717) is 40.9 Å². The lowest BCUT2D eigenvalue weighted by atomic mass is 9.83. The van der Waals surface area contributed by atoms with E-state index in [1.54, 1.807) is 36.5 Å². The maximum absolute atomic E-state index is 15.3. The standard InChI is InChI=1S/C45H52F2N8O4/c1-27-5-18-41(57)55(26-27)35-4-2-3-30(23-35)42-38(47)25-48-45(53-42)51-32-8-6-29(7-9-32)43(58)50-31-10-13-34(14-11-31)54-21-19-28(20-22-54)36-15-12-33(24-37(36)46)49-39-16-17-40(56)52-44(39)59/h2-5,12,15,18,23-26,28-29,31-32,34,39,49H,6-11,13-14,16-17,19-22H2,1H3,(H,50,58)(H,48,51,53)(H,52,56,59). The van der Waals surface area contributed by atoms with Gasteiger partial charge in [0.1, 0.15) is 17.6 Å². The Balaban J connectivity index is 0.763. The van der Waals surface area contributed by atoms with Crippen LogP contribution in [0.5, 0.6) is 0 Å². The SMILES string of the molecule is Cc1ccc(=O)n(-c2cccc(-c3nc(NC4CCC(C(=O)NC5CCC(N6CCC(c7ccc(NC8CCC(=O)NC8=O)cc7F)CC6)CC5)CC4)ncc3F)c2)c1. The first-order valence-corrected chi connectivity index (χ1v) is 21.1. The highest BCUT2D eigenvalue weighted by Gasteiger charge is 2.33. The molecule has 14 heteroatoms. The third kappa shape index (κ3) is 9.53. The molecule has 4 aliphatic rings. The van der Waals surface area contributed by atoms with Crippen LogP contribution < -0.4 is 26.8 Å². The van der Waals surface area contributed by atoms with E-state index in [1.165, 1.54) is 22.9 Å². The molecule has 2 aromatic heterocycles. The number of amides is 3. The van der Waals surface area contributed by atoms with Crippen molar-refractivity contribution in [1.29, 1.82) is 0 Å². The van der Waals surface area contributed by atoms with E-state index in [9.17, 15) is 19.2 Å². The van der Waals surface area contributed by atoms with Crippen molar-refractivity contribution in [2.24, 2.45) is 5.92 Å². The van der Waals surface area contributed by atoms with E-state index in [0.717, 1.165) is 82.9 Å². The van der Waals surface area contributed by atoms with Crippen molar-refractivity contribution in [3.8, 4) is 16.9 Å². The number of anilines is 2. The summed E-state index contributed by atoms with van der Waals surface area (Å²) in [7, 11) is 0. The number of rotatable bonds is 10. The molecule has 1 unspecified atom stereocenters. The van der Waals surface area contributed by atoms with Crippen molar-refractivity contribution in [3.05, 3.63) is 100 Å². The molecule has 0 bridgehead atoms. The largest absolute Gasteiger partial charge is 0.374 e. The number of piperidine rings is 2. The fourth-order valence-corrected chi connectivity index (χ4v) is 9.38. The Labute approximate surface area is 342 Å². The molecule has 2 saturated heterocycles. The second-order valence-electron chi connectivity index (χ2n) is 16.8. The third-order valence-corrected chi connectivity index (χ3v) is 12.7. The van der Waals surface area contributed by atoms with Gasteiger partial charge in [-0.25, -0.2) is 18.7 Å². The van der Waals surface area contributed by atoms with Crippen molar-refractivity contribution < 1.29 is 23.2 Å². The van der Waals surface area contributed by atoms with E-state index >= 15 is 8.78 Å². The first kappa shape index (κ1) is 40.3. The summed E-state index contributed by atoms with van der Waals surface area (Å²) in [6.07, 6.45) is 12.3. The Bertz CT molecular complexity index is 2240. The molecule has 4 fully saturated rings. The van der Waals surface area contributed by atoms with Gasteiger partial charge in [0, 0.05) is 59.7 Å². The number of pyridine rings is 1. The van der Waals surface area contributed by atoms with Crippen molar-refractivity contribution in [2.75, 3.05) is 23.7 Å². The minimum absolute atomic E-state index is 0.0510. The first-order chi connectivity index (χ1) is 28.6. The molecule has 59 heavy (non-hydrogen) atoms. The van der Waals surface area contributed by atoms with E-state index in [-0.39, 0.29) is 65.1 Å². The molecule has 2 aliphatic carbocycles. The highest BCUT2D eigenvalue weighted by atomic mass is 19.1. The summed E-state index contributed by atoms with van der Waals surface area (Å²) in [6, 6.07) is 15.6. The topological polar surface area (TPSA) is 150 Å². The van der Waals surface area contributed by atoms with Crippen LogP contribution >= 0.6 is 0 Å². The van der Waals surface area contributed by atoms with Gasteiger partial charge in [-0.1, -0.05) is 24.3 Å². The average molecular weight is 807 g/mol. The number of benzene rings is 2. The van der Waals surface area contributed by atoms with Gasteiger partial charge in [0.2, 0.25) is 23.7 Å². The van der Waals surface area contributed by atoms with Crippen LogP contribution in [0.15, 0.2) is 71.8 Å². The smallest absolute Gasteiger partial charge is 0.255 e. The molecule has 310 valence electrons. The molecule has 4 N–H and O–H groups in total. The fourth-order valence-electron chi connectivity index (χ4n) is 9.38. The zero-order valence-electron chi connectivity index (χ0n) is 33.4. The maximum atomic E-state index is 15.3. The van der Waals surface area contributed by atoms with Crippen molar-refractivity contribution in [3.63, 3.8) is 0 Å². The summed E-state index contributed by atoms with van der Waals surface area (Å²) in [4.78, 5) is 60.7. The number of carbonyl (C=O) groups is 3. The molecule has 0 radical (unpaired) electrons. The van der Waals surface area contributed by atoms with Gasteiger partial charge < -0.3 is 20.9 Å². The van der Waals surface area contributed by atoms with Gasteiger partial charge in [-0.05, 0) is 132 Å². The van der Waals surface area contributed by atoms with Crippen LogP contribution in [0.3, 0.4) is 0 Å². The van der Waals surface area contributed by atoms with E-state index in [4.69, 9.17) is 0 Å². The normalized spacial score (nSPS) is 24.3. The molecule has 3 amide bonds. The number of nitrogens with one attached hydrogen (secondary N) is 4. The van der Waals surface area contributed by atoms with Crippen molar-refractivity contribution in [1.82, 2.24) is 30.1 Å². The van der Waals surface area contributed by atoms with Gasteiger partial charge >= 0.3 is 0 Å². The second kappa shape index (κ2) is 17.8. The van der Waals surface area contributed by atoms with Gasteiger partial charge in [0.25, 0.3) is 5.56 Å². The number of hydrogen-bond acceptors (Lipinski definition) is 9. The number of carbonyl (C=O) groups excluding carboxylic acids is 3. The number of aryl methyl sites for hydroxylation is 1. The lowest BCUT2D eigenvalue weighted by Gasteiger charge is -2.41. The highest BCUT2D eigenvalue weighted by Crippen LogP contribution is 2.35. The van der Waals surface area contributed by atoms with Gasteiger partial charge in [-0.2, -0.15) is 0 Å². The fraction of sp³-hybridized carbons (Fsp3) is 0.467. The molecule has 2 aliphatic heterocycles. The monoisotopic (exact) mass is 806 g/mol. The first-order valence-electron chi connectivity index (χ1n) is 21.1. The number of halogens is 2. The van der Waals surface area contributed by atoms with Crippen LogP contribution in [0.1, 0.15) is 94.1 Å². The van der Waals surface area contributed by atoms with Crippen molar-refractivity contribution >= 4 is 29.4 Å². The Morgan fingerprint density at radius 1 is 0.814 bits per heavy atom. The Morgan fingerprint density at radius 2 is 1.58 bits per heavy atom. The molecule has 4 aromatic rings. The zero-order valence-corrected chi connectivity index (χ0v) is 33.4. The lowest BCUT2D eigenvalue weighted by Crippen LogP contribution is -2.47. The minimum Gasteiger partial charge on any atom is -0.374 e. The molecule has 4 heterocycles. The quantitative estimate of drug-likeness (QED) is 0.134. The molecule has 2 saturated carbocycles. The summed E-state index contributed by atoms with van der Waals surface area (Å²) in [5.41, 5.74) is 3.31. The Kier molecular flexibility index (Phi) is 12.1. The van der Waals surface area contributed by atoms with Gasteiger partial charge in [0.15, 0.2) is 5.82 Å². The molecule has 0 spiro atoms. The van der Waals surface area contributed by atoms with Crippen molar-refractivity contribution in [2.45, 2.75) is 114 Å². The molecular formula is C45H52F2N8O4. The number of nitrogens with zero attached hydrogens (tertiary/aromatic N) is 4. The number of hydrogen-bond donors (Lipinski definition) is 4. The van der Waals surface area contributed by atoms with E-state index < -0.39 is 11.9 Å². The van der Waals surface area contributed by atoms with Crippen LogP contribution in [0.2, 0.25) is 0 Å². The Morgan fingerprint density at radius 3 is 2.32 bits per heavy atom. The minimum atomic E-state index is -0.553. The van der Waals surface area contributed by atoms with Gasteiger partial charge in [-0.15, -0.1) is 0 Å². The van der Waals surface area contributed by atoms with Gasteiger partial charge in [0.05, 0.1) is 6.20 Å². The van der Waals surface area contributed by atoms with E-state index in [1.807, 2.05) is 19.1 Å². The summed E-state index contributed by atoms with van der Waals surface area (Å²) in [5.74, 6) is -0.936. The van der Waals surface area contributed by atoms with Gasteiger partial charge in [-0.3, -0.25) is 29.1 Å². The number of imide groups is 1. The number of likely N-dealkylation sites (tertiary alicyclic amines) is 1. The third-order valence-electron chi connectivity index (χ3n) is 12.7.